The number of amides is 1. The Balaban J connectivity index is 1.27. The van der Waals surface area contributed by atoms with Gasteiger partial charge in [-0.2, -0.15) is 0 Å². The molecule has 4 atom stereocenters. The molecule has 1 aliphatic carbocycles. The van der Waals surface area contributed by atoms with Crippen LogP contribution in [0.3, 0.4) is 0 Å². The van der Waals surface area contributed by atoms with E-state index in [1.165, 1.54) is 18.6 Å². The number of carbonyl (C=O) groups excluding carboxylic acids is 1. The summed E-state index contributed by atoms with van der Waals surface area (Å²) in [5.41, 5.74) is 1.16. The second-order valence-electron chi connectivity index (χ2n) is 8.42. The second-order valence-corrected chi connectivity index (χ2v) is 8.42. The van der Waals surface area contributed by atoms with Crippen LogP contribution in [0.4, 0.5) is 4.39 Å². The van der Waals surface area contributed by atoms with Crippen molar-refractivity contribution in [1.82, 2.24) is 15.1 Å². The maximum absolute atomic E-state index is 13.1. The summed E-state index contributed by atoms with van der Waals surface area (Å²) >= 11 is 0. The topological polar surface area (TPSA) is 35.6 Å². The molecule has 4 nitrogen and oxygen atoms in total. The van der Waals surface area contributed by atoms with Gasteiger partial charge in [-0.3, -0.25) is 9.69 Å². The predicted molar refractivity (Wildman–Crippen MR) is 93.2 cm³/mol. The first kappa shape index (κ1) is 15.8. The third-order valence-electron chi connectivity index (χ3n) is 6.77. The molecule has 2 bridgehead atoms. The molecule has 25 heavy (non-hydrogen) atoms. The number of carbonyl (C=O) groups is 1. The molecule has 4 aliphatic heterocycles. The summed E-state index contributed by atoms with van der Waals surface area (Å²) < 4.78 is 13.1. The van der Waals surface area contributed by atoms with E-state index in [0.717, 1.165) is 51.3 Å². The number of piperidine rings is 2. The van der Waals surface area contributed by atoms with Gasteiger partial charge in [0, 0.05) is 38.1 Å². The van der Waals surface area contributed by atoms with Crippen molar-refractivity contribution in [3.63, 3.8) is 0 Å². The van der Waals surface area contributed by atoms with Crippen LogP contribution in [-0.4, -0.2) is 54.5 Å². The smallest absolute Gasteiger partial charge is 0.226 e. The van der Waals surface area contributed by atoms with Crippen LogP contribution < -0.4 is 5.32 Å². The Labute approximate surface area is 148 Å². The average Bonchev–Trinajstić information content (AvgIpc) is 3.23. The van der Waals surface area contributed by atoms with Crippen molar-refractivity contribution in [2.45, 2.75) is 25.4 Å². The second kappa shape index (κ2) is 6.06. The fourth-order valence-electron chi connectivity index (χ4n) is 5.40. The van der Waals surface area contributed by atoms with Crippen molar-refractivity contribution in [2.75, 3.05) is 32.7 Å². The van der Waals surface area contributed by atoms with Crippen molar-refractivity contribution in [3.05, 3.63) is 35.6 Å². The Morgan fingerprint density at radius 3 is 2.60 bits per heavy atom. The summed E-state index contributed by atoms with van der Waals surface area (Å²) in [6, 6.07) is 7.20. The number of benzene rings is 1. The molecule has 1 N–H and O–H groups in total. The third kappa shape index (κ3) is 2.87. The predicted octanol–water partition coefficient (Wildman–Crippen LogP) is 1.71. The monoisotopic (exact) mass is 343 g/mol. The van der Waals surface area contributed by atoms with E-state index >= 15 is 0 Å². The van der Waals surface area contributed by atoms with Crippen molar-refractivity contribution in [3.8, 4) is 0 Å². The van der Waals surface area contributed by atoms with E-state index < -0.39 is 0 Å². The molecule has 4 unspecified atom stereocenters. The van der Waals surface area contributed by atoms with E-state index in [2.05, 4.69) is 15.1 Å². The van der Waals surface area contributed by atoms with Gasteiger partial charge in [0.1, 0.15) is 5.82 Å². The first-order chi connectivity index (χ1) is 12.2. The van der Waals surface area contributed by atoms with Crippen LogP contribution in [0, 0.1) is 29.5 Å². The van der Waals surface area contributed by atoms with Gasteiger partial charge in [-0.15, -0.1) is 0 Å². The van der Waals surface area contributed by atoms with Gasteiger partial charge in [-0.05, 0) is 61.4 Å². The largest absolute Gasteiger partial charge is 0.338 e. The lowest BCUT2D eigenvalue weighted by atomic mass is 9.94. The molecule has 0 radical (unpaired) electrons. The number of fused-ring (bicyclic) bond motifs is 5. The number of rotatable bonds is 3. The minimum atomic E-state index is -0.180. The summed E-state index contributed by atoms with van der Waals surface area (Å²) in [5, 5.41) is 3.39. The minimum absolute atomic E-state index is 0.180. The van der Waals surface area contributed by atoms with Gasteiger partial charge in [-0.1, -0.05) is 12.1 Å². The standard InChI is InChI=1S/C20H26FN3O/c21-15-4-1-13(2-5-15)9-23-10-14-3-6-16(12-23)24(11-14)20(25)19-17-7-22-8-18(17)19/h1-2,4-5,14,16-19,22H,3,6-12H2. The Bertz CT molecular complexity index is 653. The molecule has 1 aromatic carbocycles. The lowest BCUT2D eigenvalue weighted by Gasteiger charge is -2.36. The zero-order valence-corrected chi connectivity index (χ0v) is 14.5. The maximum atomic E-state index is 13.1. The quantitative estimate of drug-likeness (QED) is 0.908. The third-order valence-corrected chi connectivity index (χ3v) is 6.77. The van der Waals surface area contributed by atoms with Crippen LogP contribution in [0.1, 0.15) is 18.4 Å². The number of halogens is 1. The van der Waals surface area contributed by atoms with E-state index in [9.17, 15) is 9.18 Å². The highest BCUT2D eigenvalue weighted by molar-refractivity contribution is 5.83. The van der Waals surface area contributed by atoms with Crippen LogP contribution in [-0.2, 0) is 11.3 Å². The van der Waals surface area contributed by atoms with E-state index in [4.69, 9.17) is 0 Å². The van der Waals surface area contributed by atoms with E-state index in [-0.39, 0.29) is 5.82 Å². The zero-order chi connectivity index (χ0) is 17.0. The molecule has 4 saturated heterocycles. The molecule has 5 aliphatic rings. The van der Waals surface area contributed by atoms with Gasteiger partial charge in [0.05, 0.1) is 0 Å². The van der Waals surface area contributed by atoms with Gasteiger partial charge in [0.15, 0.2) is 0 Å². The van der Waals surface area contributed by atoms with E-state index in [0.29, 0.717) is 35.6 Å². The Kier molecular flexibility index (Phi) is 3.82. The fraction of sp³-hybridized carbons (Fsp3) is 0.650. The number of nitrogens with one attached hydrogen (secondary N) is 1. The van der Waals surface area contributed by atoms with Gasteiger partial charge >= 0.3 is 0 Å². The van der Waals surface area contributed by atoms with Crippen molar-refractivity contribution >= 4 is 5.91 Å². The molecule has 1 amide bonds. The lowest BCUT2D eigenvalue weighted by Crippen LogP contribution is -2.48. The van der Waals surface area contributed by atoms with Crippen molar-refractivity contribution < 1.29 is 9.18 Å². The summed E-state index contributed by atoms with van der Waals surface area (Å²) in [4.78, 5) is 17.8. The highest BCUT2D eigenvalue weighted by Crippen LogP contribution is 2.50. The molecule has 5 heteroatoms. The number of hydrogen-bond acceptors (Lipinski definition) is 3. The summed E-state index contributed by atoms with van der Waals surface area (Å²) in [6.07, 6.45) is 2.37. The highest BCUT2D eigenvalue weighted by Gasteiger charge is 2.58. The minimum Gasteiger partial charge on any atom is -0.338 e. The first-order valence-corrected chi connectivity index (χ1v) is 9.67. The van der Waals surface area contributed by atoms with Crippen LogP contribution in [0.2, 0.25) is 0 Å². The SMILES string of the molecule is O=C(C1C2CNCC21)N1CC2CCC1CN(Cc1ccc(F)cc1)C2. The molecule has 6 rings (SSSR count). The van der Waals surface area contributed by atoms with Gasteiger partial charge in [0.2, 0.25) is 5.91 Å². The summed E-state index contributed by atoms with van der Waals surface area (Å²) in [7, 11) is 0. The molecule has 5 fully saturated rings. The van der Waals surface area contributed by atoms with Crippen LogP contribution in [0.25, 0.3) is 0 Å². The van der Waals surface area contributed by atoms with Gasteiger partial charge in [-0.25, -0.2) is 4.39 Å². The van der Waals surface area contributed by atoms with Crippen LogP contribution in [0.15, 0.2) is 24.3 Å². The lowest BCUT2D eigenvalue weighted by molar-refractivity contribution is -0.137. The highest BCUT2D eigenvalue weighted by atomic mass is 19.1. The fourth-order valence-corrected chi connectivity index (χ4v) is 5.40. The molecule has 1 saturated carbocycles. The Hall–Kier alpha value is -1.46. The summed E-state index contributed by atoms with van der Waals surface area (Å²) in [6.45, 7) is 5.86. The average molecular weight is 343 g/mol. The molecule has 1 aromatic rings. The van der Waals surface area contributed by atoms with Gasteiger partial charge < -0.3 is 10.2 Å². The molecular formula is C20H26FN3O. The van der Waals surface area contributed by atoms with Gasteiger partial charge in [0.25, 0.3) is 0 Å². The van der Waals surface area contributed by atoms with Crippen LogP contribution >= 0.6 is 0 Å². The Morgan fingerprint density at radius 1 is 1.08 bits per heavy atom. The van der Waals surface area contributed by atoms with E-state index in [1.54, 1.807) is 0 Å². The molecule has 0 spiro atoms. The number of hydrogen-bond donors (Lipinski definition) is 1. The zero-order valence-electron chi connectivity index (χ0n) is 14.5. The molecule has 4 heterocycles. The number of nitrogens with zero attached hydrogens (tertiary/aromatic N) is 2. The Morgan fingerprint density at radius 2 is 1.84 bits per heavy atom. The first-order valence-electron chi connectivity index (χ1n) is 9.67. The molecule has 0 aromatic heterocycles. The van der Waals surface area contributed by atoms with Crippen molar-refractivity contribution in [1.29, 1.82) is 0 Å². The molecular weight excluding hydrogens is 317 g/mol. The van der Waals surface area contributed by atoms with E-state index in [1.807, 2.05) is 12.1 Å². The van der Waals surface area contributed by atoms with Crippen LogP contribution in [0.5, 0.6) is 0 Å². The summed E-state index contributed by atoms with van der Waals surface area (Å²) in [5.74, 6) is 2.33. The normalized spacial score (nSPS) is 37.0. The molecule has 134 valence electrons. The van der Waals surface area contributed by atoms with Crippen molar-refractivity contribution in [2.24, 2.45) is 23.7 Å². The maximum Gasteiger partial charge on any atom is 0.226 e.